The minimum atomic E-state index is -2.24. The third-order valence-corrected chi connectivity index (χ3v) is 6.97. The molecule has 4 nitrogen and oxygen atoms in total. The Balaban J connectivity index is 1.74. The normalized spacial score (nSPS) is 14.4. The lowest BCUT2D eigenvalue weighted by Crippen LogP contribution is -2.18. The highest BCUT2D eigenvalue weighted by Crippen LogP contribution is 2.42. The van der Waals surface area contributed by atoms with E-state index < -0.39 is 40.0 Å². The van der Waals surface area contributed by atoms with Gasteiger partial charge in [-0.2, -0.15) is 9.78 Å². The third kappa shape index (κ3) is 4.82. The molecule has 0 saturated heterocycles. The number of carbonyl (C=O) groups excluding carboxylic acids is 1. The van der Waals surface area contributed by atoms with Gasteiger partial charge in [-0.3, -0.25) is 4.79 Å². The van der Waals surface area contributed by atoms with Gasteiger partial charge in [-0.25, -0.2) is 22.0 Å². The molecule has 34 heavy (non-hydrogen) atoms. The summed E-state index contributed by atoms with van der Waals surface area (Å²) in [6.07, 6.45) is 5.14. The Bertz CT molecular complexity index is 1180. The maximum atomic E-state index is 14.4. The Labute approximate surface area is 197 Å². The van der Waals surface area contributed by atoms with Crippen LogP contribution in [0.25, 0.3) is 5.69 Å². The fraction of sp³-hybridized carbons (Fsp3) is 0.333. The second-order valence-corrected chi connectivity index (χ2v) is 9.17. The monoisotopic (exact) mass is 496 g/mol. The molecule has 0 N–H and O–H groups in total. The van der Waals surface area contributed by atoms with Gasteiger partial charge in [-0.05, 0) is 37.8 Å². The highest BCUT2D eigenvalue weighted by atomic mass is 32.2. The van der Waals surface area contributed by atoms with E-state index in [1.165, 1.54) is 11.6 Å². The zero-order chi connectivity index (χ0) is 24.4. The summed E-state index contributed by atoms with van der Waals surface area (Å²) >= 11 is 0.277. The largest absolute Gasteiger partial charge is 0.406 e. The lowest BCUT2D eigenvalue weighted by Gasteiger charge is -2.20. The molecule has 1 fully saturated rings. The Morgan fingerprint density at radius 3 is 2.15 bits per heavy atom. The number of aryl methyl sites for hydroxylation is 1. The molecule has 0 unspecified atom stereocenters. The summed E-state index contributed by atoms with van der Waals surface area (Å²) in [5, 5.41) is 4.31. The number of carbonyl (C=O) groups is 1. The van der Waals surface area contributed by atoms with Crippen LogP contribution in [0.15, 0.2) is 40.1 Å². The Hall–Kier alpha value is -2.88. The van der Waals surface area contributed by atoms with Crippen molar-refractivity contribution in [3.8, 4) is 11.6 Å². The first kappa shape index (κ1) is 24.3. The SMILES string of the molecule is Cc1nn(-c2ccccc2)c(OC(=O)CC2CCCCC2)c1Sc1c(F)c(F)c(F)c(F)c1F. The quantitative estimate of drug-likeness (QED) is 0.161. The van der Waals surface area contributed by atoms with Gasteiger partial charge in [0, 0.05) is 6.42 Å². The zero-order valence-electron chi connectivity index (χ0n) is 18.2. The van der Waals surface area contributed by atoms with E-state index in [1.807, 2.05) is 0 Å². The molecule has 0 amide bonds. The van der Waals surface area contributed by atoms with Gasteiger partial charge >= 0.3 is 5.97 Å². The summed E-state index contributed by atoms with van der Waals surface area (Å²) in [5.41, 5.74) is 0.689. The number of hydrogen-bond donors (Lipinski definition) is 0. The van der Waals surface area contributed by atoms with Crippen LogP contribution in [0.5, 0.6) is 5.88 Å². The van der Waals surface area contributed by atoms with E-state index in [-0.39, 0.29) is 40.6 Å². The van der Waals surface area contributed by atoms with Crippen LogP contribution in [0.4, 0.5) is 22.0 Å². The van der Waals surface area contributed by atoms with Gasteiger partial charge in [0.15, 0.2) is 23.3 Å². The van der Waals surface area contributed by atoms with Gasteiger partial charge in [0.2, 0.25) is 11.7 Å². The van der Waals surface area contributed by atoms with Crippen LogP contribution < -0.4 is 4.74 Å². The van der Waals surface area contributed by atoms with Crippen molar-refractivity contribution >= 4 is 17.7 Å². The molecule has 180 valence electrons. The summed E-state index contributed by atoms with van der Waals surface area (Å²) in [4.78, 5) is 11.7. The summed E-state index contributed by atoms with van der Waals surface area (Å²) in [6.45, 7) is 1.49. The van der Waals surface area contributed by atoms with E-state index >= 15 is 0 Å². The average molecular weight is 497 g/mol. The molecule has 1 aliphatic rings. The number of hydrogen-bond acceptors (Lipinski definition) is 4. The Kier molecular flexibility index (Phi) is 7.25. The van der Waals surface area contributed by atoms with Gasteiger partial charge in [-0.1, -0.05) is 49.2 Å². The average Bonchev–Trinajstić information content (AvgIpc) is 3.15. The van der Waals surface area contributed by atoms with Gasteiger partial charge in [0.25, 0.3) is 0 Å². The van der Waals surface area contributed by atoms with Crippen molar-refractivity contribution < 1.29 is 31.5 Å². The standard InChI is InChI=1S/C24H21F5N2O2S/c1-13-22(34-23-20(28)18(26)17(25)19(27)21(23)29)24(31(30-13)15-10-6-3-7-11-15)33-16(32)12-14-8-4-2-5-9-14/h3,6-7,10-11,14H,2,4-5,8-9,12H2,1H3. The van der Waals surface area contributed by atoms with Gasteiger partial charge in [0.1, 0.15) is 0 Å². The van der Waals surface area contributed by atoms with E-state index in [1.54, 1.807) is 30.3 Å². The molecule has 0 aliphatic heterocycles. The lowest BCUT2D eigenvalue weighted by molar-refractivity contribution is -0.136. The van der Waals surface area contributed by atoms with E-state index in [9.17, 15) is 26.7 Å². The highest BCUT2D eigenvalue weighted by molar-refractivity contribution is 7.99. The van der Waals surface area contributed by atoms with E-state index in [0.717, 1.165) is 32.1 Å². The zero-order valence-corrected chi connectivity index (χ0v) is 19.0. The molecule has 0 atom stereocenters. The number of halogens is 5. The van der Waals surface area contributed by atoms with Crippen LogP contribution in [0.2, 0.25) is 0 Å². The second kappa shape index (κ2) is 10.2. The Morgan fingerprint density at radius 2 is 1.53 bits per heavy atom. The minimum absolute atomic E-state index is 0.0240. The first-order valence-corrected chi connectivity index (χ1v) is 11.6. The number of para-hydroxylation sites is 1. The molecule has 0 spiro atoms. The molecule has 0 radical (unpaired) electrons. The van der Waals surface area contributed by atoms with E-state index in [2.05, 4.69) is 5.10 Å². The fourth-order valence-corrected chi connectivity index (χ4v) is 4.96. The maximum absolute atomic E-state index is 14.4. The smallest absolute Gasteiger partial charge is 0.312 e. The summed E-state index contributed by atoms with van der Waals surface area (Å²) in [6, 6.07) is 8.56. The second-order valence-electron chi connectivity index (χ2n) is 8.15. The van der Waals surface area contributed by atoms with Crippen molar-refractivity contribution in [2.24, 2.45) is 5.92 Å². The van der Waals surface area contributed by atoms with Crippen LogP contribution in [0, 0.1) is 41.9 Å². The molecular formula is C24H21F5N2O2S. The molecule has 1 saturated carbocycles. The maximum Gasteiger partial charge on any atom is 0.312 e. The van der Waals surface area contributed by atoms with Crippen LogP contribution in [-0.4, -0.2) is 15.7 Å². The molecular weight excluding hydrogens is 475 g/mol. The first-order valence-electron chi connectivity index (χ1n) is 10.8. The third-order valence-electron chi connectivity index (χ3n) is 5.73. The number of ether oxygens (including phenoxy) is 1. The topological polar surface area (TPSA) is 44.1 Å². The molecule has 10 heteroatoms. The highest BCUT2D eigenvalue weighted by Gasteiger charge is 2.30. The van der Waals surface area contributed by atoms with Crippen molar-refractivity contribution in [1.82, 2.24) is 9.78 Å². The summed E-state index contributed by atoms with van der Waals surface area (Å²) in [7, 11) is 0. The van der Waals surface area contributed by atoms with Gasteiger partial charge in [0.05, 0.1) is 21.2 Å². The van der Waals surface area contributed by atoms with Crippen molar-refractivity contribution in [3.63, 3.8) is 0 Å². The molecule has 2 aromatic carbocycles. The number of benzene rings is 2. The number of rotatable bonds is 6. The molecule has 0 bridgehead atoms. The molecule has 1 aromatic heterocycles. The fourth-order valence-electron chi connectivity index (χ4n) is 4.00. The summed E-state index contributed by atoms with van der Waals surface area (Å²) in [5.74, 6) is -10.8. The van der Waals surface area contributed by atoms with Crippen LogP contribution in [0.3, 0.4) is 0 Å². The summed E-state index contributed by atoms with van der Waals surface area (Å²) < 4.78 is 76.7. The predicted octanol–water partition coefficient (Wildman–Crippen LogP) is 6.90. The minimum Gasteiger partial charge on any atom is -0.406 e. The van der Waals surface area contributed by atoms with Crippen LogP contribution >= 0.6 is 11.8 Å². The van der Waals surface area contributed by atoms with Crippen molar-refractivity contribution in [3.05, 3.63) is 65.1 Å². The number of nitrogens with zero attached hydrogens (tertiary/aromatic N) is 2. The van der Waals surface area contributed by atoms with E-state index in [0.29, 0.717) is 5.69 Å². The predicted molar refractivity (Wildman–Crippen MR) is 115 cm³/mol. The molecule has 4 rings (SSSR count). The number of esters is 1. The van der Waals surface area contributed by atoms with Crippen molar-refractivity contribution in [2.75, 3.05) is 0 Å². The van der Waals surface area contributed by atoms with Gasteiger partial charge in [-0.15, -0.1) is 0 Å². The molecule has 1 aliphatic carbocycles. The van der Waals surface area contributed by atoms with Gasteiger partial charge < -0.3 is 4.74 Å². The molecule has 1 heterocycles. The lowest BCUT2D eigenvalue weighted by atomic mass is 9.87. The van der Waals surface area contributed by atoms with E-state index in [4.69, 9.17) is 4.74 Å². The van der Waals surface area contributed by atoms with Crippen LogP contribution in [-0.2, 0) is 4.79 Å². The number of aromatic nitrogens is 2. The first-order chi connectivity index (χ1) is 16.3. The van der Waals surface area contributed by atoms with Crippen LogP contribution in [0.1, 0.15) is 44.2 Å². The Morgan fingerprint density at radius 1 is 0.941 bits per heavy atom. The van der Waals surface area contributed by atoms with Crippen molar-refractivity contribution in [1.29, 1.82) is 0 Å². The van der Waals surface area contributed by atoms with Crippen molar-refractivity contribution in [2.45, 2.75) is 55.2 Å². The molecule has 3 aromatic rings.